The second-order valence-corrected chi connectivity index (χ2v) is 11.9. The molecule has 12 heteroatoms. The van der Waals surface area contributed by atoms with Gasteiger partial charge in [-0.1, -0.05) is 72.8 Å². The van der Waals surface area contributed by atoms with E-state index >= 15 is 0 Å². The lowest BCUT2D eigenvalue weighted by atomic mass is 9.68. The van der Waals surface area contributed by atoms with E-state index in [1.165, 1.54) is 28.1 Å². The van der Waals surface area contributed by atoms with Crippen LogP contribution in [-0.2, 0) is 21.9 Å². The molecule has 0 bridgehead atoms. The zero-order valence-corrected chi connectivity index (χ0v) is 26.6. The Morgan fingerprint density at radius 1 is 0.979 bits per heavy atom. The number of nitro groups is 1. The number of nitrogens with one attached hydrogen (secondary N) is 1. The van der Waals surface area contributed by atoms with Crippen molar-refractivity contribution in [2.75, 3.05) is 26.2 Å². The van der Waals surface area contributed by atoms with Crippen LogP contribution in [0.25, 0.3) is 5.57 Å². The molecule has 1 aromatic heterocycles. The minimum Gasteiger partial charge on any atom is -0.433 e. The Hall–Kier alpha value is -5.36. The number of nitrogens with zero attached hydrogens (tertiary/aromatic N) is 6. The monoisotopic (exact) mass is 635 g/mol. The number of likely N-dealkylation sites (tertiary alicyclic amines) is 1. The van der Waals surface area contributed by atoms with Crippen LogP contribution >= 0.6 is 0 Å². The highest BCUT2D eigenvalue weighted by atomic mass is 16.7. The van der Waals surface area contributed by atoms with Gasteiger partial charge in [0.05, 0.1) is 23.6 Å². The van der Waals surface area contributed by atoms with Crippen LogP contribution < -0.4 is 5.32 Å². The number of non-ortho nitro benzene ring substituents is 1. The molecule has 1 unspecified atom stereocenters. The maximum atomic E-state index is 13.2. The minimum absolute atomic E-state index is 0.0698. The van der Waals surface area contributed by atoms with Gasteiger partial charge in [0.25, 0.3) is 5.69 Å². The van der Waals surface area contributed by atoms with Gasteiger partial charge in [0, 0.05) is 35.4 Å². The summed E-state index contributed by atoms with van der Waals surface area (Å²) in [5.41, 5.74) is 4.87. The van der Waals surface area contributed by atoms with Crippen LogP contribution in [0.5, 0.6) is 0 Å². The molecule has 2 aliphatic heterocycles. The van der Waals surface area contributed by atoms with E-state index in [-0.39, 0.29) is 23.5 Å². The Morgan fingerprint density at radius 3 is 2.23 bits per heavy atom. The topological polar surface area (TPSA) is 138 Å². The molecular formula is C35H37N7O5. The molecule has 3 heterocycles. The molecule has 242 valence electrons. The fourth-order valence-corrected chi connectivity index (χ4v) is 6.73. The molecule has 1 saturated heterocycles. The molecular weight excluding hydrogens is 598 g/mol. The first kappa shape index (κ1) is 31.6. The molecule has 1 atom stereocenters. The van der Waals surface area contributed by atoms with E-state index in [0.29, 0.717) is 34.9 Å². The maximum absolute atomic E-state index is 13.2. The van der Waals surface area contributed by atoms with Gasteiger partial charge in [0.15, 0.2) is 0 Å². The summed E-state index contributed by atoms with van der Waals surface area (Å²) >= 11 is 0. The van der Waals surface area contributed by atoms with Crippen molar-refractivity contribution in [1.82, 2.24) is 30.4 Å². The van der Waals surface area contributed by atoms with Crippen molar-refractivity contribution in [3.8, 4) is 0 Å². The Labute approximate surface area is 272 Å². The Bertz CT molecular complexity index is 1770. The largest absolute Gasteiger partial charge is 0.513 e. The molecule has 0 aliphatic carbocycles. The standard InChI is InChI=1S/C35H37N7O5/c1-24-30(33-37-39-40(3)38-33)31(26-11-10-16-29(23-26)42(44)45)32(25(2)36-24)47-34(43)46-22-21-41-19-17-35(18-20-41,27-12-6-4-7-13-27)28-14-8-5-9-15-28/h4-16,23,31,36H,17-22H2,1-3H3. The second kappa shape index (κ2) is 13.6. The highest BCUT2D eigenvalue weighted by Crippen LogP contribution is 2.44. The van der Waals surface area contributed by atoms with Gasteiger partial charge in [0.1, 0.15) is 12.4 Å². The fraction of sp³-hybridized carbons (Fsp3) is 0.314. The number of hydrogen-bond donors (Lipinski definition) is 1. The molecule has 0 saturated carbocycles. The van der Waals surface area contributed by atoms with Crippen molar-refractivity contribution >= 4 is 17.4 Å². The highest BCUT2D eigenvalue weighted by molar-refractivity contribution is 5.76. The van der Waals surface area contributed by atoms with Gasteiger partial charge >= 0.3 is 6.16 Å². The number of allylic oxidation sites excluding steroid dienone is 3. The van der Waals surface area contributed by atoms with Crippen molar-refractivity contribution in [3.05, 3.63) is 135 Å². The van der Waals surface area contributed by atoms with Crippen molar-refractivity contribution in [3.63, 3.8) is 0 Å². The Balaban J connectivity index is 1.14. The lowest BCUT2D eigenvalue weighted by Gasteiger charge is -2.43. The summed E-state index contributed by atoms with van der Waals surface area (Å²) in [6.45, 7) is 6.03. The minimum atomic E-state index is -0.859. The van der Waals surface area contributed by atoms with Crippen LogP contribution in [0.3, 0.4) is 0 Å². The first-order chi connectivity index (χ1) is 22.7. The number of hydrogen-bond acceptors (Lipinski definition) is 10. The van der Waals surface area contributed by atoms with Crippen LogP contribution in [0.15, 0.2) is 102 Å². The summed E-state index contributed by atoms with van der Waals surface area (Å²) in [5, 5.41) is 27.4. The van der Waals surface area contributed by atoms with Crippen molar-refractivity contribution in [2.24, 2.45) is 7.05 Å². The smallest absolute Gasteiger partial charge is 0.433 e. The predicted molar refractivity (Wildman–Crippen MR) is 175 cm³/mol. The quantitative estimate of drug-likeness (QED) is 0.138. The molecule has 1 N–H and O–H groups in total. The third-order valence-corrected chi connectivity index (χ3v) is 9.05. The van der Waals surface area contributed by atoms with Crippen molar-refractivity contribution in [1.29, 1.82) is 0 Å². The predicted octanol–water partition coefficient (Wildman–Crippen LogP) is 5.70. The van der Waals surface area contributed by atoms with E-state index in [9.17, 15) is 14.9 Å². The zero-order chi connectivity index (χ0) is 33.0. The molecule has 47 heavy (non-hydrogen) atoms. The molecule has 0 radical (unpaired) electrons. The summed E-state index contributed by atoms with van der Waals surface area (Å²) in [6.07, 6.45) is 1.03. The van der Waals surface area contributed by atoms with Crippen molar-refractivity contribution in [2.45, 2.75) is 38.0 Å². The fourth-order valence-electron chi connectivity index (χ4n) is 6.73. The third-order valence-electron chi connectivity index (χ3n) is 9.05. The number of piperidine rings is 1. The van der Waals surface area contributed by atoms with Crippen LogP contribution in [0.1, 0.15) is 55.1 Å². The number of nitro benzene ring substituents is 1. The van der Waals surface area contributed by atoms with E-state index in [1.807, 2.05) is 19.1 Å². The van der Waals surface area contributed by atoms with E-state index in [1.54, 1.807) is 26.1 Å². The molecule has 0 spiro atoms. The van der Waals surface area contributed by atoms with E-state index in [0.717, 1.165) is 25.9 Å². The highest BCUT2D eigenvalue weighted by Gasteiger charge is 2.38. The van der Waals surface area contributed by atoms with Crippen LogP contribution in [0.2, 0.25) is 0 Å². The summed E-state index contributed by atoms with van der Waals surface area (Å²) < 4.78 is 11.5. The number of ether oxygens (including phenoxy) is 2. The lowest BCUT2D eigenvalue weighted by Crippen LogP contribution is -2.44. The Morgan fingerprint density at radius 2 is 1.64 bits per heavy atom. The molecule has 2 aliphatic rings. The number of carbonyl (C=O) groups excluding carboxylic acids is 1. The van der Waals surface area contributed by atoms with Crippen molar-refractivity contribution < 1.29 is 19.2 Å². The third kappa shape index (κ3) is 6.63. The van der Waals surface area contributed by atoms with Crippen LogP contribution in [-0.4, -0.2) is 62.4 Å². The van der Waals surface area contributed by atoms with Crippen LogP contribution in [0, 0.1) is 10.1 Å². The number of benzene rings is 3. The summed E-state index contributed by atoms with van der Waals surface area (Å²) in [6, 6.07) is 27.5. The molecule has 12 nitrogen and oxygen atoms in total. The number of aryl methyl sites for hydroxylation is 1. The second-order valence-electron chi connectivity index (χ2n) is 11.9. The average Bonchev–Trinajstić information content (AvgIpc) is 3.52. The van der Waals surface area contributed by atoms with Gasteiger partial charge in [0.2, 0.25) is 5.82 Å². The number of aromatic nitrogens is 4. The van der Waals surface area contributed by atoms with Gasteiger partial charge in [-0.05, 0) is 61.7 Å². The normalized spacial score (nSPS) is 18.1. The number of carbonyl (C=O) groups is 1. The summed E-state index contributed by atoms with van der Waals surface area (Å²) in [4.78, 5) is 28.0. The molecule has 6 rings (SSSR count). The van der Waals surface area contributed by atoms with Crippen LogP contribution in [0.4, 0.5) is 10.5 Å². The van der Waals surface area contributed by atoms with Gasteiger partial charge in [-0.2, -0.15) is 4.80 Å². The number of tetrazole rings is 1. The first-order valence-electron chi connectivity index (χ1n) is 15.6. The summed E-state index contributed by atoms with van der Waals surface area (Å²) in [5.74, 6) is -0.167. The first-order valence-corrected chi connectivity index (χ1v) is 15.6. The van der Waals surface area contributed by atoms with E-state index in [4.69, 9.17) is 9.47 Å². The van der Waals surface area contributed by atoms with Gasteiger partial charge in [-0.3, -0.25) is 15.0 Å². The molecule has 0 amide bonds. The van der Waals surface area contributed by atoms with E-state index in [2.05, 4.69) is 74.2 Å². The maximum Gasteiger partial charge on any atom is 0.513 e. The van der Waals surface area contributed by atoms with Gasteiger partial charge < -0.3 is 14.8 Å². The Kier molecular flexibility index (Phi) is 9.12. The zero-order valence-electron chi connectivity index (χ0n) is 26.6. The van der Waals surface area contributed by atoms with Gasteiger partial charge in [-0.15, -0.1) is 10.2 Å². The number of dihydropyridines is 1. The molecule has 1 fully saturated rings. The average molecular weight is 636 g/mol. The molecule has 3 aromatic carbocycles. The molecule has 4 aromatic rings. The summed E-state index contributed by atoms with van der Waals surface area (Å²) in [7, 11) is 1.65. The number of rotatable bonds is 9. The SMILES string of the molecule is CC1=C(OC(=O)OCCN2CCC(c3ccccc3)(c3ccccc3)CC2)C(c2cccc([N+](=O)[O-])c2)C(c2nnn(C)n2)=C(C)N1. The van der Waals surface area contributed by atoms with Gasteiger partial charge in [-0.25, -0.2) is 4.79 Å². The van der Waals surface area contributed by atoms with E-state index < -0.39 is 17.0 Å². The lowest BCUT2D eigenvalue weighted by molar-refractivity contribution is -0.384.